The molecule has 6 heteroatoms. The van der Waals surface area contributed by atoms with Gasteiger partial charge in [-0.3, -0.25) is 4.79 Å². The molecular formula is C14H24N2O4. The summed E-state index contributed by atoms with van der Waals surface area (Å²) in [5.41, 5.74) is -0.827. The maximum Gasteiger partial charge on any atom is 0.320 e. The summed E-state index contributed by atoms with van der Waals surface area (Å²) in [4.78, 5) is 27.3. The molecule has 0 bridgehead atoms. The molecule has 3 unspecified atom stereocenters. The quantitative estimate of drug-likeness (QED) is 0.832. The molecule has 20 heavy (non-hydrogen) atoms. The van der Waals surface area contributed by atoms with Crippen LogP contribution in [0.25, 0.3) is 0 Å². The van der Waals surface area contributed by atoms with Crippen LogP contribution in [0.2, 0.25) is 0 Å². The number of piperidine rings is 1. The third-order valence-corrected chi connectivity index (χ3v) is 4.62. The van der Waals surface area contributed by atoms with Gasteiger partial charge in [0.25, 0.3) is 0 Å². The smallest absolute Gasteiger partial charge is 0.320 e. The van der Waals surface area contributed by atoms with Crippen molar-refractivity contribution >= 4 is 12.0 Å². The van der Waals surface area contributed by atoms with Crippen LogP contribution in [0.15, 0.2) is 0 Å². The van der Waals surface area contributed by atoms with Crippen molar-refractivity contribution < 1.29 is 19.4 Å². The van der Waals surface area contributed by atoms with Gasteiger partial charge in [-0.2, -0.15) is 0 Å². The lowest BCUT2D eigenvalue weighted by molar-refractivity contribution is -0.150. The third kappa shape index (κ3) is 2.75. The van der Waals surface area contributed by atoms with Crippen molar-refractivity contribution in [3.8, 4) is 0 Å². The van der Waals surface area contributed by atoms with E-state index in [1.54, 1.807) is 23.8 Å². The molecule has 2 aliphatic heterocycles. The molecule has 0 aromatic rings. The van der Waals surface area contributed by atoms with E-state index in [2.05, 4.69) is 0 Å². The first-order chi connectivity index (χ1) is 9.35. The highest BCUT2D eigenvalue weighted by molar-refractivity contribution is 5.78. The van der Waals surface area contributed by atoms with Crippen LogP contribution in [0.4, 0.5) is 4.79 Å². The molecule has 3 atom stereocenters. The molecule has 0 saturated carbocycles. The predicted octanol–water partition coefficient (Wildman–Crippen LogP) is 1.40. The molecule has 114 valence electrons. The minimum atomic E-state index is -0.827. The highest BCUT2D eigenvalue weighted by Gasteiger charge is 2.41. The molecule has 0 aromatic heterocycles. The fourth-order valence-corrected chi connectivity index (χ4v) is 3.17. The van der Waals surface area contributed by atoms with Crippen molar-refractivity contribution in [2.75, 3.05) is 26.7 Å². The molecule has 1 N–H and O–H groups in total. The number of hydrogen-bond donors (Lipinski definition) is 1. The summed E-state index contributed by atoms with van der Waals surface area (Å²) in [6, 6.07) is 0.0000331. The van der Waals surface area contributed by atoms with Crippen molar-refractivity contribution in [2.45, 2.75) is 45.3 Å². The van der Waals surface area contributed by atoms with Gasteiger partial charge >= 0.3 is 12.0 Å². The van der Waals surface area contributed by atoms with Gasteiger partial charge in [-0.1, -0.05) is 0 Å². The Hall–Kier alpha value is -1.30. The number of carboxylic acid groups (broad SMARTS) is 1. The zero-order valence-corrected chi connectivity index (χ0v) is 12.5. The van der Waals surface area contributed by atoms with Gasteiger partial charge in [-0.05, 0) is 33.1 Å². The second-order valence-corrected chi connectivity index (χ2v) is 6.22. The van der Waals surface area contributed by atoms with E-state index in [4.69, 9.17) is 4.74 Å². The van der Waals surface area contributed by atoms with Gasteiger partial charge in [-0.25, -0.2) is 4.79 Å². The predicted molar refractivity (Wildman–Crippen MR) is 73.5 cm³/mol. The number of carboxylic acids is 1. The van der Waals surface area contributed by atoms with Gasteiger partial charge in [0.1, 0.15) is 0 Å². The highest BCUT2D eigenvalue weighted by atomic mass is 16.5. The van der Waals surface area contributed by atoms with Crippen molar-refractivity contribution in [1.82, 2.24) is 9.80 Å². The molecule has 2 aliphatic rings. The Morgan fingerprint density at radius 2 is 2.15 bits per heavy atom. The first-order valence-corrected chi connectivity index (χ1v) is 7.22. The number of urea groups is 1. The first-order valence-electron chi connectivity index (χ1n) is 7.22. The molecule has 0 spiro atoms. The second kappa shape index (κ2) is 5.60. The van der Waals surface area contributed by atoms with Crippen LogP contribution in [-0.4, -0.2) is 65.8 Å². The number of likely N-dealkylation sites (N-methyl/N-ethyl adjacent to an activating group) is 1. The number of rotatable bonds is 2. The van der Waals surface area contributed by atoms with E-state index in [0.29, 0.717) is 19.6 Å². The summed E-state index contributed by atoms with van der Waals surface area (Å²) in [6.07, 6.45) is 2.24. The molecule has 2 heterocycles. The number of carbonyl (C=O) groups is 2. The number of carbonyl (C=O) groups excluding carboxylic acids is 1. The van der Waals surface area contributed by atoms with Gasteiger partial charge in [0.05, 0.1) is 17.6 Å². The number of aliphatic carboxylic acids is 1. The minimum absolute atomic E-state index is 0.0413. The van der Waals surface area contributed by atoms with Crippen LogP contribution >= 0.6 is 0 Å². The van der Waals surface area contributed by atoms with Crippen molar-refractivity contribution in [3.05, 3.63) is 0 Å². The summed E-state index contributed by atoms with van der Waals surface area (Å²) in [5, 5.41) is 9.32. The lowest BCUT2D eigenvalue weighted by Crippen LogP contribution is -2.54. The van der Waals surface area contributed by atoms with E-state index in [9.17, 15) is 14.7 Å². The molecular weight excluding hydrogens is 260 g/mol. The average Bonchev–Trinajstić information content (AvgIpc) is 2.83. The zero-order valence-electron chi connectivity index (χ0n) is 12.5. The molecule has 0 radical (unpaired) electrons. The van der Waals surface area contributed by atoms with E-state index >= 15 is 0 Å². The normalized spacial score (nSPS) is 34.0. The highest BCUT2D eigenvalue weighted by Crippen LogP contribution is 2.30. The van der Waals surface area contributed by atoms with E-state index < -0.39 is 11.4 Å². The molecule has 2 saturated heterocycles. The van der Waals surface area contributed by atoms with Crippen LogP contribution in [-0.2, 0) is 9.53 Å². The number of hydrogen-bond acceptors (Lipinski definition) is 3. The summed E-state index contributed by atoms with van der Waals surface area (Å²) < 4.78 is 5.50. The largest absolute Gasteiger partial charge is 0.481 e. The molecule has 0 aromatic carbocycles. The van der Waals surface area contributed by atoms with Crippen molar-refractivity contribution in [3.63, 3.8) is 0 Å². The van der Waals surface area contributed by atoms with Gasteiger partial charge in [0.2, 0.25) is 0 Å². The van der Waals surface area contributed by atoms with Crippen LogP contribution in [0.5, 0.6) is 0 Å². The van der Waals surface area contributed by atoms with Gasteiger partial charge in [0.15, 0.2) is 0 Å². The van der Waals surface area contributed by atoms with Gasteiger partial charge in [-0.15, -0.1) is 0 Å². The Morgan fingerprint density at radius 3 is 2.70 bits per heavy atom. The minimum Gasteiger partial charge on any atom is -0.481 e. The van der Waals surface area contributed by atoms with Crippen molar-refractivity contribution in [1.29, 1.82) is 0 Å². The van der Waals surface area contributed by atoms with Crippen LogP contribution in [0.1, 0.15) is 33.1 Å². The number of nitrogens with zero attached hydrogens (tertiary/aromatic N) is 2. The van der Waals surface area contributed by atoms with Crippen LogP contribution < -0.4 is 0 Å². The molecule has 2 fully saturated rings. The van der Waals surface area contributed by atoms with E-state index in [0.717, 1.165) is 12.8 Å². The van der Waals surface area contributed by atoms with Crippen LogP contribution in [0.3, 0.4) is 0 Å². The van der Waals surface area contributed by atoms with Gasteiger partial charge in [0, 0.05) is 26.7 Å². The zero-order chi connectivity index (χ0) is 14.9. The van der Waals surface area contributed by atoms with E-state index in [-0.39, 0.29) is 24.7 Å². The maximum absolute atomic E-state index is 12.5. The third-order valence-electron chi connectivity index (χ3n) is 4.62. The Kier molecular flexibility index (Phi) is 4.22. The fraction of sp³-hybridized carbons (Fsp3) is 0.857. The maximum atomic E-state index is 12.5. The first kappa shape index (κ1) is 15.1. The Bertz CT molecular complexity index is 401. The monoisotopic (exact) mass is 284 g/mol. The summed E-state index contributed by atoms with van der Waals surface area (Å²) in [5.74, 6) is -0.824. The van der Waals surface area contributed by atoms with Gasteiger partial charge < -0.3 is 19.6 Å². The lowest BCUT2D eigenvalue weighted by atomic mass is 9.82. The summed E-state index contributed by atoms with van der Waals surface area (Å²) in [7, 11) is 1.78. The summed E-state index contributed by atoms with van der Waals surface area (Å²) in [6.45, 7) is 5.28. The standard InChI is InChI=1S/C14H24N2O4/c1-10-11(5-8-20-10)15(3)13(19)16-7-4-6-14(2,9-16)12(17)18/h10-11H,4-9H2,1-3H3,(H,17,18). The fourth-order valence-electron chi connectivity index (χ4n) is 3.17. The van der Waals surface area contributed by atoms with E-state index in [1.165, 1.54) is 0 Å². The Morgan fingerprint density at radius 1 is 1.45 bits per heavy atom. The number of likely N-dealkylation sites (tertiary alicyclic amines) is 1. The van der Waals surface area contributed by atoms with Crippen molar-refractivity contribution in [2.24, 2.45) is 5.41 Å². The van der Waals surface area contributed by atoms with Crippen LogP contribution in [0, 0.1) is 5.41 Å². The molecule has 0 aliphatic carbocycles. The number of amides is 2. The molecule has 2 amide bonds. The average molecular weight is 284 g/mol. The Balaban J connectivity index is 2.03. The lowest BCUT2D eigenvalue weighted by Gasteiger charge is -2.40. The second-order valence-electron chi connectivity index (χ2n) is 6.22. The summed E-state index contributed by atoms with van der Waals surface area (Å²) >= 11 is 0. The molecule has 6 nitrogen and oxygen atoms in total. The number of ether oxygens (including phenoxy) is 1. The van der Waals surface area contributed by atoms with E-state index in [1.807, 2.05) is 6.92 Å². The SMILES string of the molecule is CC1OCCC1N(C)C(=O)N1CCCC(C)(C(=O)O)C1. The Labute approximate surface area is 119 Å². The topological polar surface area (TPSA) is 70.1 Å². The molecule has 2 rings (SSSR count).